The molecule has 0 spiro atoms. The number of hydrogen-bond donors (Lipinski definition) is 4. The van der Waals surface area contributed by atoms with Gasteiger partial charge in [0.05, 0.1) is 0 Å². The minimum atomic E-state index is -0.476. The van der Waals surface area contributed by atoms with Crippen LogP contribution in [-0.4, -0.2) is 11.8 Å². The predicted octanol–water partition coefficient (Wildman–Crippen LogP) is 1.67. The van der Waals surface area contributed by atoms with Crippen LogP contribution in [0, 0.1) is 0 Å². The van der Waals surface area contributed by atoms with E-state index in [0.29, 0.717) is 16.9 Å². The lowest BCUT2D eigenvalue weighted by Crippen LogP contribution is -2.41. The number of carbonyl (C=O) groups excluding carboxylic acids is 2. The maximum Gasteiger partial charge on any atom is 0.270 e. The molecule has 0 radical (unpaired) electrons. The fourth-order valence-electron chi connectivity index (χ4n) is 2.45. The summed E-state index contributed by atoms with van der Waals surface area (Å²) in [6.45, 7) is 0. The summed E-state index contributed by atoms with van der Waals surface area (Å²) in [5.41, 5.74) is 7.63. The van der Waals surface area contributed by atoms with E-state index in [2.05, 4.69) is 10.9 Å². The van der Waals surface area contributed by atoms with Crippen molar-refractivity contribution in [1.82, 2.24) is 16.4 Å². The first-order valence-corrected chi connectivity index (χ1v) is 7.50. The van der Waals surface area contributed by atoms with Crippen molar-refractivity contribution in [2.24, 2.45) is 5.84 Å². The molecule has 0 saturated heterocycles. The first-order valence-electron chi connectivity index (χ1n) is 7.50. The standard InChI is InChI=1S/C18H16N4O3/c19-22-25-14-8-3-7-13(11-14)17(23)20-21-18(24)16-10-4-6-12-5-1-2-9-15(12)16/h1-11,22H,19H2,(H,20,23)(H,21,24). The molecular formula is C18H16N4O3. The van der Waals surface area contributed by atoms with Gasteiger partial charge in [-0.25, -0.2) is 5.84 Å². The summed E-state index contributed by atoms with van der Waals surface area (Å²) < 4.78 is 0. The van der Waals surface area contributed by atoms with Crippen LogP contribution in [0.1, 0.15) is 20.7 Å². The van der Waals surface area contributed by atoms with Crippen molar-refractivity contribution in [3.05, 3.63) is 77.9 Å². The molecular weight excluding hydrogens is 320 g/mol. The summed E-state index contributed by atoms with van der Waals surface area (Å²) in [6, 6.07) is 19.3. The molecule has 3 aromatic carbocycles. The molecule has 0 heterocycles. The Hall–Kier alpha value is -3.42. The number of benzene rings is 3. The molecule has 0 atom stereocenters. The van der Waals surface area contributed by atoms with Gasteiger partial charge in [0.1, 0.15) is 5.75 Å². The van der Waals surface area contributed by atoms with Gasteiger partial charge in [-0.2, -0.15) is 0 Å². The third-order valence-electron chi connectivity index (χ3n) is 3.60. The average molecular weight is 336 g/mol. The van der Waals surface area contributed by atoms with Crippen molar-refractivity contribution in [1.29, 1.82) is 0 Å². The molecule has 7 nitrogen and oxygen atoms in total. The molecule has 126 valence electrons. The number of nitrogens with two attached hydrogens (primary N) is 1. The van der Waals surface area contributed by atoms with Crippen molar-refractivity contribution in [3.8, 4) is 5.75 Å². The lowest BCUT2D eigenvalue weighted by molar-refractivity contribution is 0.0847. The lowest BCUT2D eigenvalue weighted by Gasteiger charge is -2.10. The van der Waals surface area contributed by atoms with Gasteiger partial charge in [-0.3, -0.25) is 20.4 Å². The Kier molecular flexibility index (Phi) is 4.89. The highest BCUT2D eigenvalue weighted by atomic mass is 16.7. The van der Waals surface area contributed by atoms with Crippen LogP contribution in [0.4, 0.5) is 0 Å². The highest BCUT2D eigenvalue weighted by Crippen LogP contribution is 2.18. The van der Waals surface area contributed by atoms with Gasteiger partial charge in [-0.1, -0.05) is 48.1 Å². The van der Waals surface area contributed by atoms with Crippen LogP contribution in [0.2, 0.25) is 0 Å². The highest BCUT2D eigenvalue weighted by Gasteiger charge is 2.12. The molecule has 25 heavy (non-hydrogen) atoms. The number of rotatable bonds is 4. The van der Waals surface area contributed by atoms with Crippen LogP contribution in [0.15, 0.2) is 66.7 Å². The topological polar surface area (TPSA) is 105 Å². The van der Waals surface area contributed by atoms with Gasteiger partial charge < -0.3 is 4.84 Å². The number of hydrogen-bond acceptors (Lipinski definition) is 5. The van der Waals surface area contributed by atoms with Crippen LogP contribution in [0.3, 0.4) is 0 Å². The SMILES string of the molecule is NNOc1cccc(C(=O)NNC(=O)c2cccc3ccccc23)c1. The Bertz CT molecular complexity index is 922. The van der Waals surface area contributed by atoms with Crippen LogP contribution in [0.25, 0.3) is 10.8 Å². The van der Waals surface area contributed by atoms with E-state index in [1.165, 1.54) is 6.07 Å². The summed E-state index contributed by atoms with van der Waals surface area (Å²) >= 11 is 0. The van der Waals surface area contributed by atoms with E-state index in [0.717, 1.165) is 10.8 Å². The lowest BCUT2D eigenvalue weighted by atomic mass is 10.0. The summed E-state index contributed by atoms with van der Waals surface area (Å²) in [5, 5.41) is 1.75. The minimum absolute atomic E-state index is 0.311. The van der Waals surface area contributed by atoms with Crippen molar-refractivity contribution in [2.45, 2.75) is 0 Å². The number of fused-ring (bicyclic) bond motifs is 1. The maximum absolute atomic E-state index is 12.4. The number of nitrogens with one attached hydrogen (secondary N) is 3. The molecule has 7 heteroatoms. The molecule has 0 aliphatic heterocycles. The normalized spacial score (nSPS) is 10.3. The maximum atomic E-state index is 12.4. The quantitative estimate of drug-likeness (QED) is 0.428. The summed E-state index contributed by atoms with van der Waals surface area (Å²) in [7, 11) is 0. The zero-order chi connectivity index (χ0) is 17.6. The Balaban J connectivity index is 1.71. The fourth-order valence-corrected chi connectivity index (χ4v) is 2.45. The summed E-state index contributed by atoms with van der Waals surface area (Å²) in [6.07, 6.45) is 0. The van der Waals surface area contributed by atoms with Gasteiger partial charge in [0.25, 0.3) is 11.8 Å². The molecule has 0 unspecified atom stereocenters. The Morgan fingerprint density at radius 3 is 2.40 bits per heavy atom. The van der Waals surface area contributed by atoms with Crippen LogP contribution in [-0.2, 0) is 0 Å². The average Bonchev–Trinajstić information content (AvgIpc) is 2.66. The molecule has 0 aliphatic carbocycles. The van der Waals surface area contributed by atoms with Crippen molar-refractivity contribution < 1.29 is 14.4 Å². The number of amides is 2. The molecule has 2 amide bonds. The van der Waals surface area contributed by atoms with Gasteiger partial charge >= 0.3 is 0 Å². The molecule has 0 bridgehead atoms. The van der Waals surface area contributed by atoms with Gasteiger partial charge in [0.2, 0.25) is 0 Å². The van der Waals surface area contributed by atoms with Gasteiger partial charge in [0, 0.05) is 11.1 Å². The van der Waals surface area contributed by atoms with Gasteiger partial charge in [-0.05, 0) is 35.0 Å². The summed E-state index contributed by atoms with van der Waals surface area (Å²) in [4.78, 5) is 29.5. The van der Waals surface area contributed by atoms with Gasteiger partial charge in [0.15, 0.2) is 0 Å². The molecule has 0 aliphatic rings. The zero-order valence-corrected chi connectivity index (χ0v) is 13.2. The molecule has 5 N–H and O–H groups in total. The predicted molar refractivity (Wildman–Crippen MR) is 93.3 cm³/mol. The molecule has 3 rings (SSSR count). The van der Waals surface area contributed by atoms with E-state index in [1.54, 1.807) is 30.3 Å². The van der Waals surface area contributed by atoms with Gasteiger partial charge in [-0.15, -0.1) is 0 Å². The van der Waals surface area contributed by atoms with Crippen LogP contribution in [0.5, 0.6) is 5.75 Å². The zero-order valence-electron chi connectivity index (χ0n) is 13.2. The smallest absolute Gasteiger partial charge is 0.270 e. The Morgan fingerprint density at radius 1 is 0.840 bits per heavy atom. The van der Waals surface area contributed by atoms with E-state index in [4.69, 9.17) is 10.7 Å². The largest absolute Gasteiger partial charge is 0.394 e. The number of carbonyl (C=O) groups is 2. The minimum Gasteiger partial charge on any atom is -0.394 e. The first kappa shape index (κ1) is 16.4. The molecule has 0 aromatic heterocycles. The second-order valence-electron chi connectivity index (χ2n) is 5.18. The van der Waals surface area contributed by atoms with Crippen LogP contribution >= 0.6 is 0 Å². The van der Waals surface area contributed by atoms with E-state index in [1.807, 2.05) is 35.9 Å². The van der Waals surface area contributed by atoms with E-state index in [-0.39, 0.29) is 0 Å². The third-order valence-corrected chi connectivity index (χ3v) is 3.60. The van der Waals surface area contributed by atoms with Crippen molar-refractivity contribution in [3.63, 3.8) is 0 Å². The highest BCUT2D eigenvalue weighted by molar-refractivity contribution is 6.08. The molecule has 0 saturated carbocycles. The third kappa shape index (κ3) is 3.74. The second-order valence-corrected chi connectivity index (χ2v) is 5.18. The van der Waals surface area contributed by atoms with E-state index < -0.39 is 11.8 Å². The molecule has 0 fully saturated rings. The Morgan fingerprint density at radius 2 is 1.56 bits per heavy atom. The summed E-state index contributed by atoms with van der Waals surface area (Å²) in [5.74, 6) is 4.56. The van der Waals surface area contributed by atoms with Crippen molar-refractivity contribution in [2.75, 3.05) is 0 Å². The van der Waals surface area contributed by atoms with E-state index >= 15 is 0 Å². The number of hydrazine groups is 2. The Labute approximate surface area is 143 Å². The second kappa shape index (κ2) is 7.43. The fraction of sp³-hybridized carbons (Fsp3) is 0. The molecule has 3 aromatic rings. The van der Waals surface area contributed by atoms with E-state index in [9.17, 15) is 9.59 Å². The first-order chi connectivity index (χ1) is 12.2. The van der Waals surface area contributed by atoms with Crippen LogP contribution < -0.4 is 27.1 Å². The van der Waals surface area contributed by atoms with Crippen molar-refractivity contribution >= 4 is 22.6 Å². The monoisotopic (exact) mass is 336 g/mol.